The molecule has 102 valence electrons. The second-order valence-electron chi connectivity index (χ2n) is 5.94. The second kappa shape index (κ2) is 4.43. The average Bonchev–Trinajstić information content (AvgIpc) is 2.70. The lowest BCUT2D eigenvalue weighted by atomic mass is 9.77. The third-order valence-corrected chi connectivity index (χ3v) is 4.06. The fourth-order valence-electron chi connectivity index (χ4n) is 3.33. The number of hydrogen-bond donors (Lipinski definition) is 0. The molecule has 0 amide bonds. The van der Waals surface area contributed by atoms with Crippen LogP contribution in [0.5, 0.6) is 0 Å². The van der Waals surface area contributed by atoms with Crippen molar-refractivity contribution in [2.45, 2.75) is 57.0 Å². The first-order valence-corrected chi connectivity index (χ1v) is 7.01. The van der Waals surface area contributed by atoms with Crippen LogP contribution in [0.25, 0.3) is 0 Å². The zero-order valence-electron chi connectivity index (χ0n) is 11.5. The maximum absolute atomic E-state index is 12.9. The molecule has 0 spiro atoms. The van der Waals surface area contributed by atoms with E-state index in [9.17, 15) is 4.79 Å². The molecule has 1 saturated carbocycles. The van der Waals surface area contributed by atoms with E-state index >= 15 is 0 Å². The first kappa shape index (κ1) is 12.8. The maximum atomic E-state index is 12.9. The third kappa shape index (κ3) is 2.11. The molecule has 0 aromatic heterocycles. The monoisotopic (exact) mass is 260 g/mol. The number of benzene rings is 1. The van der Waals surface area contributed by atoms with E-state index in [0.717, 1.165) is 31.2 Å². The molecule has 2 unspecified atom stereocenters. The quantitative estimate of drug-likeness (QED) is 0.765. The number of ketones is 1. The number of carbonyl (C=O) groups excluding carboxylic acids is 1. The standard InChI is InChI=1S/C16H20O3/c1-15(2)18-13-10-6-7-11-16(13,19-15)14(17)12-8-4-3-5-9-12/h3-5,8-9,13H,6-7,10-11H2,1-2H3. The van der Waals surface area contributed by atoms with E-state index < -0.39 is 11.4 Å². The zero-order valence-corrected chi connectivity index (χ0v) is 11.5. The molecule has 2 aliphatic rings. The zero-order chi connectivity index (χ0) is 13.5. The summed E-state index contributed by atoms with van der Waals surface area (Å²) in [6.07, 6.45) is 3.68. The van der Waals surface area contributed by atoms with Gasteiger partial charge in [-0.15, -0.1) is 0 Å². The van der Waals surface area contributed by atoms with Gasteiger partial charge in [0.2, 0.25) is 0 Å². The predicted molar refractivity (Wildman–Crippen MR) is 72.0 cm³/mol. The van der Waals surface area contributed by atoms with Gasteiger partial charge >= 0.3 is 0 Å². The first-order valence-electron chi connectivity index (χ1n) is 7.01. The van der Waals surface area contributed by atoms with Crippen LogP contribution in [-0.4, -0.2) is 23.3 Å². The Hall–Kier alpha value is -1.19. The van der Waals surface area contributed by atoms with Crippen LogP contribution in [0.2, 0.25) is 0 Å². The number of ether oxygens (including phenoxy) is 2. The summed E-state index contributed by atoms with van der Waals surface area (Å²) in [4.78, 5) is 12.9. The number of carbonyl (C=O) groups is 1. The molecule has 1 aliphatic heterocycles. The van der Waals surface area contributed by atoms with Crippen LogP contribution < -0.4 is 0 Å². The first-order chi connectivity index (χ1) is 9.04. The van der Waals surface area contributed by atoms with Gasteiger partial charge in [0, 0.05) is 5.56 Å². The summed E-state index contributed by atoms with van der Waals surface area (Å²) >= 11 is 0. The van der Waals surface area contributed by atoms with Crippen molar-refractivity contribution >= 4 is 5.78 Å². The predicted octanol–water partition coefficient (Wildman–Crippen LogP) is 3.33. The van der Waals surface area contributed by atoms with Crippen molar-refractivity contribution in [2.24, 2.45) is 0 Å². The Morgan fingerprint density at radius 1 is 1.21 bits per heavy atom. The molecular weight excluding hydrogens is 240 g/mol. The molecule has 2 atom stereocenters. The van der Waals surface area contributed by atoms with E-state index in [4.69, 9.17) is 9.47 Å². The van der Waals surface area contributed by atoms with Crippen LogP contribution in [-0.2, 0) is 9.47 Å². The van der Waals surface area contributed by atoms with E-state index in [2.05, 4.69) is 0 Å². The lowest BCUT2D eigenvalue weighted by Gasteiger charge is -2.35. The summed E-state index contributed by atoms with van der Waals surface area (Å²) in [5, 5.41) is 0. The van der Waals surface area contributed by atoms with E-state index in [1.165, 1.54) is 0 Å². The van der Waals surface area contributed by atoms with Gasteiger partial charge in [0.25, 0.3) is 0 Å². The molecule has 3 heteroatoms. The summed E-state index contributed by atoms with van der Waals surface area (Å²) in [5.74, 6) is -0.595. The molecule has 1 aromatic carbocycles. The molecule has 3 nitrogen and oxygen atoms in total. The van der Waals surface area contributed by atoms with Crippen LogP contribution in [0.1, 0.15) is 49.9 Å². The Bertz CT molecular complexity index is 480. The minimum absolute atomic E-state index is 0.0726. The highest BCUT2D eigenvalue weighted by molar-refractivity contribution is 6.03. The van der Waals surface area contributed by atoms with Gasteiger partial charge < -0.3 is 9.47 Å². The second-order valence-corrected chi connectivity index (χ2v) is 5.94. The fraction of sp³-hybridized carbons (Fsp3) is 0.562. The van der Waals surface area contributed by atoms with Crippen molar-refractivity contribution in [1.82, 2.24) is 0 Å². The van der Waals surface area contributed by atoms with Crippen LogP contribution in [0, 0.1) is 0 Å². The maximum Gasteiger partial charge on any atom is 0.197 e. The molecule has 1 aromatic rings. The molecule has 19 heavy (non-hydrogen) atoms. The van der Waals surface area contributed by atoms with Crippen molar-refractivity contribution in [3.05, 3.63) is 35.9 Å². The molecule has 0 radical (unpaired) electrons. The molecule has 0 bridgehead atoms. The minimum atomic E-state index is -0.775. The summed E-state index contributed by atoms with van der Waals surface area (Å²) in [7, 11) is 0. The van der Waals surface area contributed by atoms with Gasteiger partial charge in [-0.1, -0.05) is 36.8 Å². The van der Waals surface area contributed by atoms with E-state index in [0.29, 0.717) is 0 Å². The fourth-order valence-corrected chi connectivity index (χ4v) is 3.33. The Kier molecular flexibility index (Phi) is 2.99. The van der Waals surface area contributed by atoms with Crippen LogP contribution in [0.4, 0.5) is 0 Å². The lowest BCUT2D eigenvalue weighted by Crippen LogP contribution is -2.50. The molecule has 2 fully saturated rings. The van der Waals surface area contributed by atoms with E-state index in [1.807, 2.05) is 44.2 Å². The minimum Gasteiger partial charge on any atom is -0.344 e. The summed E-state index contributed by atoms with van der Waals surface area (Å²) < 4.78 is 12.0. The van der Waals surface area contributed by atoms with Gasteiger partial charge in [-0.05, 0) is 33.1 Å². The average molecular weight is 260 g/mol. The van der Waals surface area contributed by atoms with Crippen molar-refractivity contribution in [1.29, 1.82) is 0 Å². The molecule has 1 heterocycles. The molecular formula is C16H20O3. The number of Topliss-reactive ketones (excluding diaryl/α,β-unsaturated/α-hetero) is 1. The molecule has 3 rings (SSSR count). The Morgan fingerprint density at radius 3 is 2.68 bits per heavy atom. The van der Waals surface area contributed by atoms with Crippen molar-refractivity contribution in [2.75, 3.05) is 0 Å². The largest absolute Gasteiger partial charge is 0.344 e. The molecule has 1 aliphatic carbocycles. The third-order valence-electron chi connectivity index (χ3n) is 4.06. The lowest BCUT2D eigenvalue weighted by molar-refractivity contribution is -0.155. The van der Waals surface area contributed by atoms with E-state index in [-0.39, 0.29) is 11.9 Å². The summed E-state index contributed by atoms with van der Waals surface area (Å²) in [6, 6.07) is 9.42. The van der Waals surface area contributed by atoms with Gasteiger partial charge in [-0.3, -0.25) is 4.79 Å². The topological polar surface area (TPSA) is 35.5 Å². The highest BCUT2D eigenvalue weighted by Crippen LogP contribution is 2.46. The van der Waals surface area contributed by atoms with E-state index in [1.54, 1.807) is 0 Å². The SMILES string of the molecule is CC1(C)OC2CCCCC2(C(=O)c2ccccc2)O1. The highest BCUT2D eigenvalue weighted by Gasteiger charge is 2.58. The summed E-state index contributed by atoms with van der Waals surface area (Å²) in [6.45, 7) is 3.79. The van der Waals surface area contributed by atoms with Gasteiger partial charge in [-0.2, -0.15) is 0 Å². The number of fused-ring (bicyclic) bond motifs is 1. The van der Waals surface area contributed by atoms with Crippen molar-refractivity contribution < 1.29 is 14.3 Å². The van der Waals surface area contributed by atoms with Gasteiger partial charge in [0.05, 0.1) is 6.10 Å². The van der Waals surface area contributed by atoms with Crippen LogP contribution in [0.3, 0.4) is 0 Å². The number of hydrogen-bond acceptors (Lipinski definition) is 3. The Labute approximate surface area is 113 Å². The Balaban J connectivity index is 1.98. The smallest absolute Gasteiger partial charge is 0.197 e. The normalized spacial score (nSPS) is 32.8. The van der Waals surface area contributed by atoms with Crippen LogP contribution >= 0.6 is 0 Å². The molecule has 0 N–H and O–H groups in total. The summed E-state index contributed by atoms with van der Waals surface area (Å²) in [5.41, 5.74) is -0.0565. The Morgan fingerprint density at radius 2 is 1.95 bits per heavy atom. The van der Waals surface area contributed by atoms with Crippen molar-refractivity contribution in [3.63, 3.8) is 0 Å². The van der Waals surface area contributed by atoms with Gasteiger partial charge in [0.1, 0.15) is 0 Å². The highest BCUT2D eigenvalue weighted by atomic mass is 16.8. The molecule has 1 saturated heterocycles. The number of rotatable bonds is 2. The van der Waals surface area contributed by atoms with Gasteiger partial charge in [0.15, 0.2) is 17.2 Å². The van der Waals surface area contributed by atoms with Crippen molar-refractivity contribution in [3.8, 4) is 0 Å². The van der Waals surface area contributed by atoms with Gasteiger partial charge in [-0.25, -0.2) is 0 Å². The van der Waals surface area contributed by atoms with Crippen LogP contribution in [0.15, 0.2) is 30.3 Å².